The zero-order valence-electron chi connectivity index (χ0n) is 12.0. The predicted octanol–water partition coefficient (Wildman–Crippen LogP) is 2.69. The normalized spacial score (nSPS) is 14.7. The average molecular weight is 242 g/mol. The van der Waals surface area contributed by atoms with Crippen LogP contribution in [-0.4, -0.2) is 18.5 Å². The Balaban J connectivity index is 3.84. The van der Waals surface area contributed by atoms with E-state index in [4.69, 9.17) is 5.73 Å². The average Bonchev–Trinajstić information content (AvgIpc) is 2.24. The van der Waals surface area contributed by atoms with E-state index in [1.165, 1.54) is 12.8 Å². The van der Waals surface area contributed by atoms with Crippen molar-refractivity contribution in [2.75, 3.05) is 6.54 Å². The number of carbonyl (C=O) groups is 1. The lowest BCUT2D eigenvalue weighted by atomic mass is 10.0. The fraction of sp³-hybridized carbons (Fsp3) is 0.929. The third-order valence-corrected chi connectivity index (χ3v) is 3.10. The standard InChI is InChI=1S/C14H30N2O/c1-5-7-13(10-15)14(17)16-12(4)9-6-8-11(2)3/h11-13H,5-10,15H2,1-4H3,(H,16,17). The van der Waals surface area contributed by atoms with Crippen LogP contribution in [0.5, 0.6) is 0 Å². The molecular formula is C14H30N2O. The van der Waals surface area contributed by atoms with Crippen molar-refractivity contribution in [2.24, 2.45) is 17.6 Å². The molecule has 0 aliphatic carbocycles. The monoisotopic (exact) mass is 242 g/mol. The minimum atomic E-state index is -0.00690. The van der Waals surface area contributed by atoms with E-state index < -0.39 is 0 Å². The first-order valence-electron chi connectivity index (χ1n) is 7.01. The topological polar surface area (TPSA) is 55.1 Å². The number of nitrogens with one attached hydrogen (secondary N) is 1. The third-order valence-electron chi connectivity index (χ3n) is 3.10. The van der Waals surface area contributed by atoms with Gasteiger partial charge in [0.15, 0.2) is 0 Å². The molecule has 2 atom stereocenters. The van der Waals surface area contributed by atoms with Gasteiger partial charge in [-0.15, -0.1) is 0 Å². The maximum atomic E-state index is 11.9. The number of nitrogens with two attached hydrogens (primary N) is 1. The number of hydrogen-bond donors (Lipinski definition) is 2. The van der Waals surface area contributed by atoms with Crippen LogP contribution in [0, 0.1) is 11.8 Å². The summed E-state index contributed by atoms with van der Waals surface area (Å²) in [6.45, 7) is 9.09. The van der Waals surface area contributed by atoms with E-state index in [0.29, 0.717) is 6.54 Å². The molecule has 0 saturated heterocycles. The molecule has 2 unspecified atom stereocenters. The lowest BCUT2D eigenvalue weighted by Gasteiger charge is -2.19. The van der Waals surface area contributed by atoms with Gasteiger partial charge >= 0.3 is 0 Å². The van der Waals surface area contributed by atoms with Crippen LogP contribution in [0.15, 0.2) is 0 Å². The van der Waals surface area contributed by atoms with Gasteiger partial charge in [-0.1, -0.05) is 40.0 Å². The van der Waals surface area contributed by atoms with Gasteiger partial charge in [-0.3, -0.25) is 4.79 Å². The molecule has 0 bridgehead atoms. The molecule has 0 saturated carbocycles. The van der Waals surface area contributed by atoms with E-state index >= 15 is 0 Å². The molecule has 0 aliphatic heterocycles. The molecule has 0 fully saturated rings. The Labute approximate surface area is 107 Å². The van der Waals surface area contributed by atoms with Gasteiger partial charge in [-0.25, -0.2) is 0 Å². The quantitative estimate of drug-likeness (QED) is 0.653. The van der Waals surface area contributed by atoms with E-state index in [-0.39, 0.29) is 17.9 Å². The summed E-state index contributed by atoms with van der Waals surface area (Å²) >= 11 is 0. The van der Waals surface area contributed by atoms with Gasteiger partial charge in [-0.05, 0) is 25.7 Å². The van der Waals surface area contributed by atoms with Gasteiger partial charge in [0.1, 0.15) is 0 Å². The SMILES string of the molecule is CCCC(CN)C(=O)NC(C)CCCC(C)C. The van der Waals surface area contributed by atoms with Gasteiger partial charge in [0, 0.05) is 12.6 Å². The highest BCUT2D eigenvalue weighted by Crippen LogP contribution is 2.10. The van der Waals surface area contributed by atoms with E-state index in [1.54, 1.807) is 0 Å². The lowest BCUT2D eigenvalue weighted by Crippen LogP contribution is -2.40. The van der Waals surface area contributed by atoms with Crippen LogP contribution >= 0.6 is 0 Å². The molecule has 0 aliphatic rings. The summed E-state index contributed by atoms with van der Waals surface area (Å²) in [6, 6.07) is 0.271. The summed E-state index contributed by atoms with van der Waals surface area (Å²) < 4.78 is 0. The number of carbonyl (C=O) groups excluding carboxylic acids is 1. The summed E-state index contributed by atoms with van der Waals surface area (Å²) in [4.78, 5) is 11.9. The van der Waals surface area contributed by atoms with Gasteiger partial charge in [0.25, 0.3) is 0 Å². The van der Waals surface area contributed by atoms with Crippen molar-refractivity contribution in [3.05, 3.63) is 0 Å². The number of amides is 1. The highest BCUT2D eigenvalue weighted by atomic mass is 16.1. The molecule has 0 heterocycles. The molecule has 0 aromatic carbocycles. The van der Waals surface area contributed by atoms with Crippen molar-refractivity contribution in [3.8, 4) is 0 Å². The summed E-state index contributed by atoms with van der Waals surface area (Å²) in [5.74, 6) is 0.869. The molecule has 102 valence electrons. The Kier molecular flexibility index (Phi) is 9.14. The molecule has 0 radical (unpaired) electrons. The van der Waals surface area contributed by atoms with E-state index in [1.807, 2.05) is 0 Å². The molecule has 17 heavy (non-hydrogen) atoms. The second-order valence-electron chi connectivity index (χ2n) is 5.46. The summed E-state index contributed by atoms with van der Waals surface area (Å²) in [7, 11) is 0. The van der Waals surface area contributed by atoms with Gasteiger partial charge in [0.2, 0.25) is 5.91 Å². The minimum absolute atomic E-state index is 0.00690. The van der Waals surface area contributed by atoms with Crippen molar-refractivity contribution >= 4 is 5.91 Å². The van der Waals surface area contributed by atoms with Gasteiger partial charge in [-0.2, -0.15) is 0 Å². The second kappa shape index (κ2) is 9.46. The van der Waals surface area contributed by atoms with Gasteiger partial charge in [0.05, 0.1) is 5.92 Å². The smallest absolute Gasteiger partial charge is 0.224 e. The first-order valence-corrected chi connectivity index (χ1v) is 7.01. The molecule has 0 aromatic heterocycles. The van der Waals surface area contributed by atoms with Crippen LogP contribution in [0.1, 0.15) is 59.8 Å². The fourth-order valence-corrected chi connectivity index (χ4v) is 1.97. The van der Waals surface area contributed by atoms with E-state index in [0.717, 1.165) is 25.2 Å². The summed E-state index contributed by atoms with van der Waals surface area (Å²) in [5.41, 5.74) is 5.61. The van der Waals surface area contributed by atoms with Crippen LogP contribution in [0.25, 0.3) is 0 Å². The number of hydrogen-bond acceptors (Lipinski definition) is 2. The molecule has 3 nitrogen and oxygen atoms in total. The zero-order valence-corrected chi connectivity index (χ0v) is 12.0. The highest BCUT2D eigenvalue weighted by Gasteiger charge is 2.17. The van der Waals surface area contributed by atoms with Crippen molar-refractivity contribution < 1.29 is 4.79 Å². The molecule has 0 spiro atoms. The Morgan fingerprint density at radius 2 is 1.82 bits per heavy atom. The maximum Gasteiger partial charge on any atom is 0.224 e. The van der Waals surface area contributed by atoms with E-state index in [2.05, 4.69) is 33.0 Å². The predicted molar refractivity (Wildman–Crippen MR) is 73.7 cm³/mol. The lowest BCUT2D eigenvalue weighted by molar-refractivity contribution is -0.125. The Hall–Kier alpha value is -0.570. The molecule has 0 aromatic rings. The largest absolute Gasteiger partial charge is 0.353 e. The zero-order chi connectivity index (χ0) is 13.3. The first-order chi connectivity index (χ1) is 8.01. The van der Waals surface area contributed by atoms with Crippen molar-refractivity contribution in [1.82, 2.24) is 5.32 Å². The van der Waals surface area contributed by atoms with Crippen LogP contribution in [0.2, 0.25) is 0 Å². The van der Waals surface area contributed by atoms with E-state index in [9.17, 15) is 4.79 Å². The fourth-order valence-electron chi connectivity index (χ4n) is 1.97. The van der Waals surface area contributed by atoms with Crippen LogP contribution in [0.4, 0.5) is 0 Å². The molecule has 3 N–H and O–H groups in total. The second-order valence-corrected chi connectivity index (χ2v) is 5.46. The minimum Gasteiger partial charge on any atom is -0.353 e. The van der Waals surface area contributed by atoms with Crippen LogP contribution in [-0.2, 0) is 4.79 Å². The summed E-state index contributed by atoms with van der Waals surface area (Å²) in [5, 5.41) is 3.07. The van der Waals surface area contributed by atoms with Crippen molar-refractivity contribution in [1.29, 1.82) is 0 Å². The Morgan fingerprint density at radius 1 is 1.18 bits per heavy atom. The Bertz CT molecular complexity index is 204. The van der Waals surface area contributed by atoms with Gasteiger partial charge < -0.3 is 11.1 Å². The maximum absolute atomic E-state index is 11.9. The van der Waals surface area contributed by atoms with Crippen LogP contribution in [0.3, 0.4) is 0 Å². The molecule has 1 amide bonds. The number of rotatable bonds is 9. The highest BCUT2D eigenvalue weighted by molar-refractivity contribution is 5.79. The molecule has 0 rings (SSSR count). The Morgan fingerprint density at radius 3 is 2.29 bits per heavy atom. The van der Waals surface area contributed by atoms with Crippen LogP contribution < -0.4 is 11.1 Å². The summed E-state index contributed by atoms with van der Waals surface area (Å²) in [6.07, 6.45) is 5.38. The van der Waals surface area contributed by atoms with Crippen molar-refractivity contribution in [2.45, 2.75) is 65.8 Å². The third kappa shape index (κ3) is 8.19. The molecular weight excluding hydrogens is 212 g/mol. The van der Waals surface area contributed by atoms with Crippen molar-refractivity contribution in [3.63, 3.8) is 0 Å². The first kappa shape index (κ1) is 16.4. The molecule has 3 heteroatoms.